The SMILES string of the molecule is COC(=O)/C=C1\N(C)CCCN(C)C2=C(C(=O)c3ccccc3)C(=O)OC21c1ccccc1. The molecule has 4 rings (SSSR count). The molecule has 7 nitrogen and oxygen atoms in total. The minimum absolute atomic E-state index is 0.0291. The van der Waals surface area contributed by atoms with Gasteiger partial charge in [0.1, 0.15) is 5.57 Å². The van der Waals surface area contributed by atoms with Crippen LogP contribution >= 0.6 is 0 Å². The molecule has 0 spiro atoms. The summed E-state index contributed by atoms with van der Waals surface area (Å²) in [6.07, 6.45) is 2.09. The van der Waals surface area contributed by atoms with E-state index in [1.807, 2.05) is 60.3 Å². The molecule has 0 aliphatic carbocycles. The highest BCUT2D eigenvalue weighted by atomic mass is 16.6. The van der Waals surface area contributed by atoms with Gasteiger partial charge in [0, 0.05) is 44.4 Å². The van der Waals surface area contributed by atoms with E-state index in [9.17, 15) is 14.4 Å². The van der Waals surface area contributed by atoms with Crippen LogP contribution in [0, 0.1) is 0 Å². The number of fused-ring (bicyclic) bond motifs is 1. The van der Waals surface area contributed by atoms with Crippen molar-refractivity contribution in [1.29, 1.82) is 0 Å². The molecule has 7 heteroatoms. The Bertz CT molecular complexity index is 1140. The summed E-state index contributed by atoms with van der Waals surface area (Å²) in [5.41, 5.74) is 0.387. The lowest BCUT2D eigenvalue weighted by Crippen LogP contribution is -2.46. The predicted molar refractivity (Wildman–Crippen MR) is 122 cm³/mol. The average molecular weight is 447 g/mol. The maximum absolute atomic E-state index is 13.6. The van der Waals surface area contributed by atoms with Crippen molar-refractivity contribution in [3.8, 4) is 0 Å². The van der Waals surface area contributed by atoms with E-state index < -0.39 is 23.3 Å². The normalized spacial score (nSPS) is 21.9. The number of benzene rings is 2. The highest BCUT2D eigenvalue weighted by Gasteiger charge is 2.56. The Hall–Kier alpha value is -3.87. The fraction of sp³-hybridized carbons (Fsp3) is 0.269. The Morgan fingerprint density at radius 1 is 0.970 bits per heavy atom. The van der Waals surface area contributed by atoms with Gasteiger partial charge in [-0.1, -0.05) is 60.7 Å². The molecule has 0 radical (unpaired) electrons. The molecule has 0 aromatic heterocycles. The molecule has 2 heterocycles. The zero-order valence-electron chi connectivity index (χ0n) is 18.9. The summed E-state index contributed by atoms with van der Waals surface area (Å²) in [6.45, 7) is 1.22. The summed E-state index contributed by atoms with van der Waals surface area (Å²) >= 11 is 0. The van der Waals surface area contributed by atoms with Crippen LogP contribution in [0.5, 0.6) is 0 Å². The van der Waals surface area contributed by atoms with Crippen LogP contribution in [0.2, 0.25) is 0 Å². The maximum atomic E-state index is 13.6. The minimum Gasteiger partial charge on any atom is -0.466 e. The molecule has 0 bridgehead atoms. The highest BCUT2D eigenvalue weighted by molar-refractivity contribution is 6.26. The van der Waals surface area contributed by atoms with Crippen LogP contribution < -0.4 is 0 Å². The van der Waals surface area contributed by atoms with E-state index in [1.165, 1.54) is 13.2 Å². The summed E-state index contributed by atoms with van der Waals surface area (Å²) < 4.78 is 11.1. The van der Waals surface area contributed by atoms with Crippen molar-refractivity contribution in [2.45, 2.75) is 12.0 Å². The Kier molecular flexibility index (Phi) is 6.05. The van der Waals surface area contributed by atoms with Crippen molar-refractivity contribution >= 4 is 17.7 Å². The molecule has 1 saturated heterocycles. The first kappa shape index (κ1) is 22.3. The van der Waals surface area contributed by atoms with Crippen LogP contribution in [-0.2, 0) is 24.7 Å². The van der Waals surface area contributed by atoms with E-state index in [0.717, 1.165) is 6.42 Å². The van der Waals surface area contributed by atoms with Crippen LogP contribution in [0.3, 0.4) is 0 Å². The van der Waals surface area contributed by atoms with Crippen molar-refractivity contribution < 1.29 is 23.9 Å². The summed E-state index contributed by atoms with van der Waals surface area (Å²) in [7, 11) is 4.98. The lowest BCUT2D eigenvalue weighted by atomic mass is 9.82. The van der Waals surface area contributed by atoms with Crippen LogP contribution in [0.25, 0.3) is 0 Å². The van der Waals surface area contributed by atoms with Gasteiger partial charge in [-0.3, -0.25) is 4.79 Å². The second kappa shape index (κ2) is 8.94. The number of ketones is 1. The third kappa shape index (κ3) is 3.80. The van der Waals surface area contributed by atoms with Crippen LogP contribution in [0.4, 0.5) is 0 Å². The van der Waals surface area contributed by atoms with Gasteiger partial charge in [-0.25, -0.2) is 9.59 Å². The Labute approximate surface area is 192 Å². The number of esters is 2. The molecule has 2 aliphatic heterocycles. The number of hydrogen-bond acceptors (Lipinski definition) is 7. The zero-order chi connectivity index (χ0) is 23.6. The average Bonchev–Trinajstić information content (AvgIpc) is 3.15. The number of methoxy groups -OCH3 is 1. The molecule has 1 fully saturated rings. The van der Waals surface area contributed by atoms with E-state index in [0.29, 0.717) is 35.6 Å². The third-order valence-electron chi connectivity index (χ3n) is 6.06. The smallest absolute Gasteiger partial charge is 0.345 e. The van der Waals surface area contributed by atoms with Gasteiger partial charge in [-0.05, 0) is 6.42 Å². The van der Waals surface area contributed by atoms with Gasteiger partial charge in [0.2, 0.25) is 11.4 Å². The van der Waals surface area contributed by atoms with E-state index in [1.54, 1.807) is 24.3 Å². The molecule has 170 valence electrons. The lowest BCUT2D eigenvalue weighted by Gasteiger charge is -2.43. The molecule has 0 saturated carbocycles. The lowest BCUT2D eigenvalue weighted by molar-refractivity contribution is -0.147. The minimum atomic E-state index is -1.48. The number of Topliss-reactive ketones (excluding diaryl/α,β-unsaturated/α-hetero) is 1. The fourth-order valence-corrected chi connectivity index (χ4v) is 4.52. The van der Waals surface area contributed by atoms with E-state index >= 15 is 0 Å². The molecule has 0 amide bonds. The van der Waals surface area contributed by atoms with Crippen LogP contribution in [-0.4, -0.2) is 61.8 Å². The van der Waals surface area contributed by atoms with Gasteiger partial charge in [0.05, 0.1) is 18.5 Å². The Balaban J connectivity index is 2.07. The topological polar surface area (TPSA) is 76.2 Å². The van der Waals surface area contributed by atoms with Crippen molar-refractivity contribution in [2.24, 2.45) is 0 Å². The number of likely N-dealkylation sites (N-methyl/N-ethyl adjacent to an activating group) is 2. The summed E-state index contributed by atoms with van der Waals surface area (Å²) in [5, 5.41) is 0. The largest absolute Gasteiger partial charge is 0.466 e. The molecule has 1 atom stereocenters. The van der Waals surface area contributed by atoms with E-state index in [4.69, 9.17) is 9.47 Å². The summed E-state index contributed by atoms with van der Waals surface area (Å²) in [4.78, 5) is 43.2. The highest BCUT2D eigenvalue weighted by Crippen LogP contribution is 2.50. The van der Waals surface area contributed by atoms with E-state index in [-0.39, 0.29) is 5.57 Å². The van der Waals surface area contributed by atoms with Gasteiger partial charge in [0.15, 0.2) is 0 Å². The van der Waals surface area contributed by atoms with Gasteiger partial charge in [-0.15, -0.1) is 0 Å². The molecular weight excluding hydrogens is 420 g/mol. The van der Waals surface area contributed by atoms with Gasteiger partial charge >= 0.3 is 11.9 Å². The summed E-state index contributed by atoms with van der Waals surface area (Å²) in [6, 6.07) is 17.8. The second-order valence-electron chi connectivity index (χ2n) is 8.10. The first-order chi connectivity index (χ1) is 15.9. The van der Waals surface area contributed by atoms with Gasteiger partial charge < -0.3 is 19.3 Å². The first-order valence-corrected chi connectivity index (χ1v) is 10.8. The first-order valence-electron chi connectivity index (χ1n) is 10.8. The quantitative estimate of drug-likeness (QED) is 0.309. The van der Waals surface area contributed by atoms with Crippen LogP contribution in [0.15, 0.2) is 83.7 Å². The number of hydrogen-bond donors (Lipinski definition) is 0. The number of rotatable bonds is 4. The van der Waals surface area contributed by atoms with Crippen molar-refractivity contribution in [2.75, 3.05) is 34.3 Å². The Morgan fingerprint density at radius 2 is 1.58 bits per heavy atom. The maximum Gasteiger partial charge on any atom is 0.345 e. The predicted octanol–water partition coefficient (Wildman–Crippen LogP) is 2.90. The molecule has 33 heavy (non-hydrogen) atoms. The number of ether oxygens (including phenoxy) is 2. The molecular formula is C26H26N2O5. The number of carbonyl (C=O) groups is 3. The molecule has 1 unspecified atom stereocenters. The molecule has 2 aliphatic rings. The summed E-state index contributed by atoms with van der Waals surface area (Å²) in [5.74, 6) is -1.71. The number of nitrogens with zero attached hydrogens (tertiary/aromatic N) is 2. The Morgan fingerprint density at radius 3 is 2.21 bits per heavy atom. The monoisotopic (exact) mass is 446 g/mol. The molecule has 2 aromatic carbocycles. The standard InChI is InChI=1S/C26H26N2O5/c1-27-15-10-16-28(2)24-22(23(30)18-11-6-4-7-12-18)25(31)33-26(24,19-13-8-5-9-14-19)20(27)17-21(29)32-3/h4-9,11-14,17H,10,15-16H2,1-3H3/b20-17-. The van der Waals surface area contributed by atoms with Gasteiger partial charge in [0.25, 0.3) is 0 Å². The molecule has 0 N–H and O–H groups in total. The van der Waals surface area contributed by atoms with E-state index in [2.05, 4.69) is 0 Å². The third-order valence-corrected chi connectivity index (χ3v) is 6.06. The van der Waals surface area contributed by atoms with Gasteiger partial charge in [-0.2, -0.15) is 0 Å². The zero-order valence-corrected chi connectivity index (χ0v) is 18.9. The van der Waals surface area contributed by atoms with Crippen molar-refractivity contribution in [3.05, 3.63) is 94.8 Å². The second-order valence-corrected chi connectivity index (χ2v) is 8.10. The number of carbonyl (C=O) groups excluding carboxylic acids is 3. The van der Waals surface area contributed by atoms with Crippen LogP contribution in [0.1, 0.15) is 22.3 Å². The molecule has 2 aromatic rings. The van der Waals surface area contributed by atoms with Crippen molar-refractivity contribution in [3.63, 3.8) is 0 Å². The van der Waals surface area contributed by atoms with Crippen molar-refractivity contribution in [1.82, 2.24) is 9.80 Å². The fourth-order valence-electron chi connectivity index (χ4n) is 4.52.